The first-order chi connectivity index (χ1) is 8.16. The molecule has 17 heavy (non-hydrogen) atoms. The van der Waals surface area contributed by atoms with Gasteiger partial charge in [-0.15, -0.1) is 0 Å². The van der Waals surface area contributed by atoms with Crippen molar-refractivity contribution in [1.82, 2.24) is 9.55 Å². The molecule has 1 saturated carbocycles. The Labute approximate surface area is 111 Å². The predicted octanol–water partition coefficient (Wildman–Crippen LogP) is 4.40. The minimum atomic E-state index is 0.694. The van der Waals surface area contributed by atoms with E-state index in [-0.39, 0.29) is 0 Å². The topological polar surface area (TPSA) is 20.7 Å². The zero-order valence-corrected chi connectivity index (χ0v) is 11.3. The molecule has 1 heterocycles. The van der Waals surface area contributed by atoms with Gasteiger partial charge in [0.2, 0.25) is 0 Å². The number of H-pyrrole nitrogens is 1. The van der Waals surface area contributed by atoms with Gasteiger partial charge in [0.15, 0.2) is 4.77 Å². The highest BCUT2D eigenvalue weighted by Gasteiger charge is 2.28. The Balaban J connectivity index is 2.05. The third kappa shape index (κ3) is 2.02. The van der Waals surface area contributed by atoms with Crippen LogP contribution in [-0.4, -0.2) is 9.55 Å². The summed E-state index contributed by atoms with van der Waals surface area (Å²) in [7, 11) is 0. The first-order valence-corrected chi connectivity index (χ1v) is 6.82. The third-order valence-electron chi connectivity index (χ3n) is 3.66. The maximum Gasteiger partial charge on any atom is 0.178 e. The molecule has 1 aromatic carbocycles. The van der Waals surface area contributed by atoms with Gasteiger partial charge in [0.1, 0.15) is 0 Å². The van der Waals surface area contributed by atoms with E-state index in [9.17, 15) is 0 Å². The van der Waals surface area contributed by atoms with Crippen LogP contribution in [0.5, 0.6) is 0 Å². The van der Waals surface area contributed by atoms with Crippen molar-refractivity contribution in [3.8, 4) is 0 Å². The first kappa shape index (κ1) is 11.3. The molecule has 0 bridgehead atoms. The van der Waals surface area contributed by atoms with Crippen molar-refractivity contribution >= 4 is 34.9 Å². The van der Waals surface area contributed by atoms with Crippen LogP contribution in [0.2, 0.25) is 5.02 Å². The lowest BCUT2D eigenvalue weighted by Gasteiger charge is -2.11. The van der Waals surface area contributed by atoms with Crippen LogP contribution in [0.3, 0.4) is 0 Å². The van der Waals surface area contributed by atoms with Gasteiger partial charge in [-0.3, -0.25) is 0 Å². The fraction of sp³-hybridized carbons (Fsp3) is 0.462. The molecule has 0 spiro atoms. The summed E-state index contributed by atoms with van der Waals surface area (Å²) in [6.45, 7) is 3.30. The van der Waals surface area contributed by atoms with Crippen molar-refractivity contribution in [2.45, 2.75) is 26.3 Å². The van der Waals surface area contributed by atoms with Gasteiger partial charge < -0.3 is 9.55 Å². The number of rotatable bonds is 3. The molecule has 3 rings (SSSR count). The lowest BCUT2D eigenvalue weighted by molar-refractivity contribution is 0.434. The van der Waals surface area contributed by atoms with Gasteiger partial charge in [0.05, 0.1) is 16.1 Å². The molecule has 1 aliphatic rings. The fourth-order valence-corrected chi connectivity index (χ4v) is 2.92. The number of fused-ring (bicyclic) bond motifs is 1. The van der Waals surface area contributed by atoms with E-state index in [1.807, 2.05) is 12.1 Å². The number of hydrogen-bond donors (Lipinski definition) is 1. The zero-order chi connectivity index (χ0) is 12.0. The molecule has 4 heteroatoms. The lowest BCUT2D eigenvalue weighted by atomic mass is 10.1. The van der Waals surface area contributed by atoms with Crippen LogP contribution >= 0.6 is 23.8 Å². The number of imidazole rings is 1. The number of nitrogens with zero attached hydrogens (tertiary/aromatic N) is 1. The second-order valence-electron chi connectivity index (χ2n) is 4.99. The summed E-state index contributed by atoms with van der Waals surface area (Å²) in [4.78, 5) is 3.21. The molecule has 1 aromatic heterocycles. The third-order valence-corrected chi connectivity index (χ3v) is 4.29. The van der Waals surface area contributed by atoms with Crippen molar-refractivity contribution in [3.05, 3.63) is 28.0 Å². The number of nitrogens with one attached hydrogen (secondary N) is 1. The summed E-state index contributed by atoms with van der Waals surface area (Å²) in [6, 6.07) is 5.95. The highest BCUT2D eigenvalue weighted by molar-refractivity contribution is 7.71. The normalized spacial score (nSPS) is 17.5. The average Bonchev–Trinajstić information content (AvgIpc) is 3.08. The molecular weight excluding hydrogens is 252 g/mol. The number of aromatic amines is 1. The number of aromatic nitrogens is 2. The molecule has 2 nitrogen and oxygen atoms in total. The van der Waals surface area contributed by atoms with Crippen LogP contribution < -0.4 is 0 Å². The molecule has 0 amide bonds. The number of benzene rings is 1. The number of halogens is 1. The standard InChI is InChI=1S/C13H15ClN2S/c1-8(9-5-6-9)7-16-11-4-2-3-10(14)12(11)15-13(16)17/h2-4,8-9H,5-7H2,1H3,(H,15,17). The van der Waals surface area contributed by atoms with E-state index in [1.165, 1.54) is 12.8 Å². The molecule has 0 saturated heterocycles. The number of hydrogen-bond acceptors (Lipinski definition) is 1. The van der Waals surface area contributed by atoms with Crippen molar-refractivity contribution < 1.29 is 0 Å². The van der Waals surface area contributed by atoms with E-state index in [2.05, 4.69) is 22.5 Å². The van der Waals surface area contributed by atoms with Crippen LogP contribution in [0, 0.1) is 16.6 Å². The van der Waals surface area contributed by atoms with E-state index >= 15 is 0 Å². The van der Waals surface area contributed by atoms with Gasteiger partial charge in [-0.2, -0.15) is 0 Å². The Kier molecular flexibility index (Phi) is 2.75. The molecule has 0 radical (unpaired) electrons. The summed E-state index contributed by atoms with van der Waals surface area (Å²) >= 11 is 11.5. The summed E-state index contributed by atoms with van der Waals surface area (Å²) in [5, 5.41) is 0.742. The van der Waals surface area contributed by atoms with Crippen LogP contribution in [0.25, 0.3) is 11.0 Å². The smallest absolute Gasteiger partial charge is 0.178 e. The summed E-state index contributed by atoms with van der Waals surface area (Å²) in [5.74, 6) is 1.58. The first-order valence-electron chi connectivity index (χ1n) is 6.04. The van der Waals surface area contributed by atoms with E-state index in [1.54, 1.807) is 0 Å². The predicted molar refractivity (Wildman–Crippen MR) is 74.0 cm³/mol. The van der Waals surface area contributed by atoms with Crippen LogP contribution in [0.15, 0.2) is 18.2 Å². The monoisotopic (exact) mass is 266 g/mol. The van der Waals surface area contributed by atoms with Crippen molar-refractivity contribution in [3.63, 3.8) is 0 Å². The minimum Gasteiger partial charge on any atom is -0.329 e. The summed E-state index contributed by atoms with van der Waals surface area (Å²) in [6.07, 6.45) is 2.75. The van der Waals surface area contributed by atoms with Crippen molar-refractivity contribution in [2.75, 3.05) is 0 Å². The van der Waals surface area contributed by atoms with Gasteiger partial charge in [-0.05, 0) is 49.0 Å². The Morgan fingerprint density at radius 3 is 3.00 bits per heavy atom. The largest absolute Gasteiger partial charge is 0.329 e. The molecule has 0 aliphatic heterocycles. The minimum absolute atomic E-state index is 0.694. The molecule has 1 N–H and O–H groups in total. The maximum atomic E-state index is 6.16. The number of para-hydroxylation sites is 1. The van der Waals surface area contributed by atoms with Gasteiger partial charge in [-0.1, -0.05) is 24.6 Å². The molecular formula is C13H15ClN2S. The quantitative estimate of drug-likeness (QED) is 0.817. The summed E-state index contributed by atoms with van der Waals surface area (Å²) < 4.78 is 2.96. The van der Waals surface area contributed by atoms with E-state index in [4.69, 9.17) is 23.8 Å². The highest BCUT2D eigenvalue weighted by atomic mass is 35.5. The van der Waals surface area contributed by atoms with Gasteiger partial charge in [0, 0.05) is 6.54 Å². The molecule has 1 fully saturated rings. The van der Waals surface area contributed by atoms with Crippen LogP contribution in [0.4, 0.5) is 0 Å². The second kappa shape index (κ2) is 4.14. The van der Waals surface area contributed by atoms with E-state index in [0.717, 1.165) is 33.3 Å². The maximum absolute atomic E-state index is 6.16. The van der Waals surface area contributed by atoms with Crippen LogP contribution in [0.1, 0.15) is 19.8 Å². The summed E-state index contributed by atoms with van der Waals surface area (Å²) in [5.41, 5.74) is 2.08. The fourth-order valence-electron chi connectivity index (χ4n) is 2.43. The van der Waals surface area contributed by atoms with E-state index in [0.29, 0.717) is 5.92 Å². The Bertz CT molecular complexity index is 609. The van der Waals surface area contributed by atoms with Crippen molar-refractivity contribution in [2.24, 2.45) is 11.8 Å². The SMILES string of the molecule is CC(Cn1c(=S)[nH]c2c(Cl)cccc21)C1CC1. The Hall–Kier alpha value is -0.800. The average molecular weight is 267 g/mol. The second-order valence-corrected chi connectivity index (χ2v) is 5.78. The molecule has 2 aromatic rings. The highest BCUT2D eigenvalue weighted by Crippen LogP contribution is 2.37. The van der Waals surface area contributed by atoms with Gasteiger partial charge in [0.25, 0.3) is 0 Å². The lowest BCUT2D eigenvalue weighted by Crippen LogP contribution is -2.09. The van der Waals surface area contributed by atoms with E-state index < -0.39 is 0 Å². The molecule has 1 aliphatic carbocycles. The Morgan fingerprint density at radius 1 is 1.53 bits per heavy atom. The van der Waals surface area contributed by atoms with Gasteiger partial charge >= 0.3 is 0 Å². The molecule has 1 atom stereocenters. The van der Waals surface area contributed by atoms with Gasteiger partial charge in [-0.25, -0.2) is 0 Å². The molecule has 1 unspecified atom stereocenters. The van der Waals surface area contributed by atoms with Crippen molar-refractivity contribution in [1.29, 1.82) is 0 Å². The zero-order valence-electron chi connectivity index (χ0n) is 9.74. The Morgan fingerprint density at radius 2 is 2.29 bits per heavy atom. The van der Waals surface area contributed by atoms with Crippen LogP contribution in [-0.2, 0) is 6.54 Å². The molecule has 90 valence electrons.